The molecule has 0 aliphatic rings. The molecule has 0 saturated heterocycles. The maximum absolute atomic E-state index is 6.38. The number of ether oxygens (including phenoxy) is 1. The first-order valence-electron chi connectivity index (χ1n) is 7.35. The van der Waals surface area contributed by atoms with Gasteiger partial charge in [0.15, 0.2) is 0 Å². The van der Waals surface area contributed by atoms with Gasteiger partial charge in [0.1, 0.15) is 12.4 Å². The van der Waals surface area contributed by atoms with Gasteiger partial charge in [0, 0.05) is 6.54 Å². The third-order valence-corrected chi connectivity index (χ3v) is 3.84. The van der Waals surface area contributed by atoms with E-state index in [9.17, 15) is 0 Å². The molecule has 0 unspecified atom stereocenters. The standard InChI is InChI=1S/C16H22ClN3O/c1-3-14-16(17)15(20(4-2)19-14)11-21-13-7-5-6-12(10-13)8-9-18/h5-7,10H,3-4,8-9,11,18H2,1-2H3. The SMILES string of the molecule is CCc1nn(CC)c(COc2cccc(CCN)c2)c1Cl. The van der Waals surface area contributed by atoms with Crippen molar-refractivity contribution in [2.45, 2.75) is 39.8 Å². The molecule has 0 radical (unpaired) electrons. The van der Waals surface area contributed by atoms with Crippen molar-refractivity contribution >= 4 is 11.6 Å². The molecule has 0 aliphatic carbocycles. The average molecular weight is 308 g/mol. The Labute approximate surface area is 130 Å². The van der Waals surface area contributed by atoms with Gasteiger partial charge in [-0.25, -0.2) is 0 Å². The normalized spacial score (nSPS) is 10.9. The summed E-state index contributed by atoms with van der Waals surface area (Å²) >= 11 is 6.38. The van der Waals surface area contributed by atoms with Crippen LogP contribution in [0, 0.1) is 0 Å². The lowest BCUT2D eigenvalue weighted by atomic mass is 10.1. The zero-order valence-electron chi connectivity index (χ0n) is 12.6. The van der Waals surface area contributed by atoms with Crippen LogP contribution in [0.25, 0.3) is 0 Å². The summed E-state index contributed by atoms with van der Waals surface area (Å²) in [7, 11) is 0. The van der Waals surface area contributed by atoms with Crippen molar-refractivity contribution in [2.24, 2.45) is 5.73 Å². The van der Waals surface area contributed by atoms with E-state index < -0.39 is 0 Å². The first kappa shape index (κ1) is 15.9. The maximum atomic E-state index is 6.38. The maximum Gasteiger partial charge on any atom is 0.131 e. The zero-order chi connectivity index (χ0) is 15.2. The summed E-state index contributed by atoms with van der Waals surface area (Å²) in [6.07, 6.45) is 1.68. The number of benzene rings is 1. The number of aromatic nitrogens is 2. The summed E-state index contributed by atoms with van der Waals surface area (Å²) in [4.78, 5) is 0. The first-order valence-corrected chi connectivity index (χ1v) is 7.73. The Balaban J connectivity index is 2.12. The highest BCUT2D eigenvalue weighted by Crippen LogP contribution is 2.23. The number of halogens is 1. The van der Waals surface area contributed by atoms with Gasteiger partial charge >= 0.3 is 0 Å². The molecule has 4 nitrogen and oxygen atoms in total. The van der Waals surface area contributed by atoms with Crippen LogP contribution >= 0.6 is 11.6 Å². The summed E-state index contributed by atoms with van der Waals surface area (Å²) in [6.45, 7) is 5.94. The van der Waals surface area contributed by atoms with Crippen molar-refractivity contribution in [1.29, 1.82) is 0 Å². The highest BCUT2D eigenvalue weighted by atomic mass is 35.5. The van der Waals surface area contributed by atoms with Gasteiger partial charge in [0.2, 0.25) is 0 Å². The zero-order valence-corrected chi connectivity index (χ0v) is 13.4. The van der Waals surface area contributed by atoms with Crippen LogP contribution in [-0.4, -0.2) is 16.3 Å². The van der Waals surface area contributed by atoms with Crippen LogP contribution in [-0.2, 0) is 26.0 Å². The van der Waals surface area contributed by atoms with Crippen LogP contribution < -0.4 is 10.5 Å². The van der Waals surface area contributed by atoms with Crippen LogP contribution in [0.3, 0.4) is 0 Å². The van der Waals surface area contributed by atoms with Crippen LogP contribution in [0.5, 0.6) is 5.75 Å². The summed E-state index contributed by atoms with van der Waals surface area (Å²) < 4.78 is 7.78. The van der Waals surface area contributed by atoms with Crippen LogP contribution in [0.15, 0.2) is 24.3 Å². The van der Waals surface area contributed by atoms with Gasteiger partial charge in [-0.1, -0.05) is 30.7 Å². The minimum absolute atomic E-state index is 0.422. The Morgan fingerprint density at radius 2 is 2.14 bits per heavy atom. The van der Waals surface area contributed by atoms with Gasteiger partial charge in [-0.15, -0.1) is 0 Å². The molecule has 114 valence electrons. The van der Waals surface area contributed by atoms with E-state index in [-0.39, 0.29) is 0 Å². The fraction of sp³-hybridized carbons (Fsp3) is 0.438. The van der Waals surface area contributed by atoms with E-state index in [2.05, 4.69) is 18.1 Å². The molecule has 2 aromatic rings. The highest BCUT2D eigenvalue weighted by Gasteiger charge is 2.14. The Hall–Kier alpha value is -1.52. The minimum Gasteiger partial charge on any atom is -0.487 e. The lowest BCUT2D eigenvalue weighted by Crippen LogP contribution is -2.07. The van der Waals surface area contributed by atoms with E-state index in [1.807, 2.05) is 29.8 Å². The van der Waals surface area contributed by atoms with Gasteiger partial charge in [-0.2, -0.15) is 5.10 Å². The predicted molar refractivity (Wildman–Crippen MR) is 85.8 cm³/mol. The number of nitrogens with zero attached hydrogens (tertiary/aromatic N) is 2. The van der Waals surface area contributed by atoms with Gasteiger partial charge in [-0.3, -0.25) is 4.68 Å². The molecule has 1 aromatic carbocycles. The van der Waals surface area contributed by atoms with E-state index in [1.54, 1.807) is 0 Å². The summed E-state index contributed by atoms with van der Waals surface area (Å²) in [5.74, 6) is 0.832. The molecule has 0 atom stereocenters. The van der Waals surface area contributed by atoms with Crippen molar-refractivity contribution in [3.63, 3.8) is 0 Å². The molecule has 1 aromatic heterocycles. The van der Waals surface area contributed by atoms with Gasteiger partial charge in [-0.05, 0) is 44.0 Å². The van der Waals surface area contributed by atoms with E-state index in [0.717, 1.165) is 41.5 Å². The summed E-state index contributed by atoms with van der Waals surface area (Å²) in [5.41, 5.74) is 8.62. The van der Waals surface area contributed by atoms with E-state index in [1.165, 1.54) is 5.56 Å². The Kier molecular flexibility index (Phi) is 5.65. The average Bonchev–Trinajstić information content (AvgIpc) is 2.81. The number of nitrogens with two attached hydrogens (primary N) is 1. The lowest BCUT2D eigenvalue weighted by Gasteiger charge is -2.09. The number of hydrogen-bond acceptors (Lipinski definition) is 3. The second kappa shape index (κ2) is 7.48. The van der Waals surface area contributed by atoms with Crippen molar-refractivity contribution in [2.75, 3.05) is 6.54 Å². The first-order chi connectivity index (χ1) is 10.2. The Morgan fingerprint density at radius 3 is 2.81 bits per heavy atom. The molecule has 0 spiro atoms. The molecule has 2 N–H and O–H groups in total. The number of hydrogen-bond donors (Lipinski definition) is 1. The Morgan fingerprint density at radius 1 is 1.33 bits per heavy atom. The molecule has 5 heteroatoms. The molecule has 0 aliphatic heterocycles. The third kappa shape index (κ3) is 3.77. The molecule has 0 saturated carbocycles. The van der Waals surface area contributed by atoms with Gasteiger partial charge in [0.05, 0.1) is 16.4 Å². The smallest absolute Gasteiger partial charge is 0.131 e. The molecule has 0 amide bonds. The monoisotopic (exact) mass is 307 g/mol. The second-order valence-electron chi connectivity index (χ2n) is 4.85. The van der Waals surface area contributed by atoms with E-state index in [4.69, 9.17) is 22.1 Å². The second-order valence-corrected chi connectivity index (χ2v) is 5.23. The molecule has 21 heavy (non-hydrogen) atoms. The van der Waals surface area contributed by atoms with Crippen LogP contribution in [0.4, 0.5) is 0 Å². The number of rotatable bonds is 7. The largest absolute Gasteiger partial charge is 0.487 e. The fourth-order valence-electron chi connectivity index (χ4n) is 2.26. The molecule has 0 bridgehead atoms. The highest BCUT2D eigenvalue weighted by molar-refractivity contribution is 6.31. The molecule has 1 heterocycles. The molecule has 2 rings (SSSR count). The van der Waals surface area contributed by atoms with Crippen molar-refractivity contribution < 1.29 is 4.74 Å². The van der Waals surface area contributed by atoms with E-state index >= 15 is 0 Å². The van der Waals surface area contributed by atoms with Gasteiger partial charge < -0.3 is 10.5 Å². The van der Waals surface area contributed by atoms with E-state index in [0.29, 0.717) is 13.2 Å². The van der Waals surface area contributed by atoms with Crippen molar-refractivity contribution in [1.82, 2.24) is 9.78 Å². The van der Waals surface area contributed by atoms with Crippen molar-refractivity contribution in [3.8, 4) is 5.75 Å². The molecular formula is C16H22ClN3O. The predicted octanol–water partition coefficient (Wildman–Crippen LogP) is 3.20. The molecular weight excluding hydrogens is 286 g/mol. The third-order valence-electron chi connectivity index (χ3n) is 3.40. The minimum atomic E-state index is 0.422. The summed E-state index contributed by atoms with van der Waals surface area (Å²) in [5, 5.41) is 5.21. The quantitative estimate of drug-likeness (QED) is 0.854. The number of aryl methyl sites for hydroxylation is 2. The Bertz CT molecular complexity index is 595. The van der Waals surface area contributed by atoms with Crippen molar-refractivity contribution in [3.05, 3.63) is 46.2 Å². The fourth-order valence-corrected chi connectivity index (χ4v) is 2.59. The topological polar surface area (TPSA) is 53.1 Å². The summed E-state index contributed by atoms with van der Waals surface area (Å²) in [6, 6.07) is 8.00. The lowest BCUT2D eigenvalue weighted by molar-refractivity contribution is 0.292. The van der Waals surface area contributed by atoms with Crippen LogP contribution in [0.1, 0.15) is 30.8 Å². The van der Waals surface area contributed by atoms with Gasteiger partial charge in [0.25, 0.3) is 0 Å². The molecule has 0 fully saturated rings. The van der Waals surface area contributed by atoms with Crippen LogP contribution in [0.2, 0.25) is 5.02 Å².